The molecule has 0 radical (unpaired) electrons. The van der Waals surface area contributed by atoms with Gasteiger partial charge in [-0.05, 0) is 80.2 Å². The van der Waals surface area contributed by atoms with Crippen molar-refractivity contribution in [1.29, 1.82) is 0 Å². The van der Waals surface area contributed by atoms with E-state index in [0.29, 0.717) is 0 Å². The smallest absolute Gasteiger partial charge is 0.0702 e. The quantitative estimate of drug-likeness (QED) is 0.191. The number of aromatic nitrogens is 2. The number of nitrogens with zero attached hydrogens (tertiary/aromatic N) is 2. The molecule has 0 fully saturated rings. The molecule has 0 aliphatic rings. The van der Waals surface area contributed by atoms with E-state index in [2.05, 4.69) is 173 Å². The van der Waals surface area contributed by atoms with Crippen LogP contribution in [0.15, 0.2) is 182 Å². The molecule has 2 nitrogen and oxygen atoms in total. The first kappa shape index (κ1) is 27.6. The second-order valence-corrected chi connectivity index (χ2v) is 12.8. The van der Waals surface area contributed by atoms with Crippen LogP contribution in [0.25, 0.3) is 93.3 Å². The highest BCUT2D eigenvalue weighted by Gasteiger charge is 2.18. The van der Waals surface area contributed by atoms with Gasteiger partial charge in [0.25, 0.3) is 0 Å². The van der Waals surface area contributed by atoms with Crippen molar-refractivity contribution in [1.82, 2.24) is 9.55 Å². The fourth-order valence-corrected chi connectivity index (χ4v) is 7.71. The Morgan fingerprint density at radius 1 is 0.367 bits per heavy atom. The van der Waals surface area contributed by atoms with E-state index in [1.807, 2.05) is 18.3 Å². The normalized spacial score (nSPS) is 11.7. The van der Waals surface area contributed by atoms with Crippen molar-refractivity contribution in [2.45, 2.75) is 0 Å². The van der Waals surface area contributed by atoms with E-state index in [9.17, 15) is 0 Å². The number of rotatable bonds is 4. The Labute approximate surface area is 284 Å². The average Bonchev–Trinajstić information content (AvgIpc) is 3.51. The number of fused-ring (bicyclic) bond motifs is 7. The van der Waals surface area contributed by atoms with Crippen LogP contribution in [0.2, 0.25) is 0 Å². The number of hydrogen-bond donors (Lipinski definition) is 0. The second kappa shape index (κ2) is 11.0. The average molecular weight is 623 g/mol. The lowest BCUT2D eigenvalue weighted by Crippen LogP contribution is -1.96. The fraction of sp³-hybridized carbons (Fsp3) is 0. The largest absolute Gasteiger partial charge is 0.308 e. The molecule has 0 saturated carbocycles. The van der Waals surface area contributed by atoms with Gasteiger partial charge in [0.2, 0.25) is 0 Å². The van der Waals surface area contributed by atoms with Gasteiger partial charge in [0.15, 0.2) is 0 Å². The third-order valence-electron chi connectivity index (χ3n) is 10.0. The van der Waals surface area contributed by atoms with Gasteiger partial charge in [0.05, 0.1) is 22.4 Å². The first-order valence-electron chi connectivity index (χ1n) is 16.8. The van der Waals surface area contributed by atoms with Crippen LogP contribution in [0.3, 0.4) is 0 Å². The Kier molecular flexibility index (Phi) is 6.22. The standard InChI is InChI=1S/C47H30N2/c1-3-16-38-31(10-1)12-8-18-39(38)35-15-7-14-33(28-35)34-21-25-42-43-26-22-36-29-37(44-19-5-6-27-48-44)23-24-41(36)47(43)49(46(42)30-34)45-20-9-13-32-11-2-4-17-40(32)45/h1-30H. The monoisotopic (exact) mass is 622 g/mol. The van der Waals surface area contributed by atoms with E-state index in [1.165, 1.54) is 82.1 Å². The summed E-state index contributed by atoms with van der Waals surface area (Å²) in [7, 11) is 0. The predicted molar refractivity (Wildman–Crippen MR) is 207 cm³/mol. The van der Waals surface area contributed by atoms with Gasteiger partial charge in [-0.1, -0.05) is 140 Å². The molecule has 10 aromatic rings. The summed E-state index contributed by atoms with van der Waals surface area (Å²) >= 11 is 0. The summed E-state index contributed by atoms with van der Waals surface area (Å²) in [6, 6.07) is 63.9. The van der Waals surface area contributed by atoms with E-state index < -0.39 is 0 Å². The summed E-state index contributed by atoms with van der Waals surface area (Å²) in [5, 5.41) is 9.90. The van der Waals surface area contributed by atoms with Gasteiger partial charge in [-0.15, -0.1) is 0 Å². The predicted octanol–water partition coefficient (Wildman–Crippen LogP) is 12.6. The maximum absolute atomic E-state index is 4.63. The minimum Gasteiger partial charge on any atom is -0.308 e. The van der Waals surface area contributed by atoms with Crippen molar-refractivity contribution in [2.75, 3.05) is 0 Å². The van der Waals surface area contributed by atoms with E-state index >= 15 is 0 Å². The van der Waals surface area contributed by atoms with Gasteiger partial charge in [-0.25, -0.2) is 0 Å². The highest BCUT2D eigenvalue weighted by molar-refractivity contribution is 6.20. The van der Waals surface area contributed by atoms with Crippen LogP contribution in [0, 0.1) is 0 Å². The SMILES string of the molecule is c1ccc(-c2ccc3c(ccc4c5ccc(-c6cccc(-c7cccc8ccccc78)c6)cc5n(-c5cccc6ccccc56)c34)c2)nc1. The lowest BCUT2D eigenvalue weighted by molar-refractivity contribution is 1.20. The molecule has 2 heterocycles. The molecule has 0 spiro atoms. The molecule has 0 amide bonds. The van der Waals surface area contributed by atoms with Gasteiger partial charge < -0.3 is 4.57 Å². The van der Waals surface area contributed by atoms with E-state index in [0.717, 1.165) is 11.3 Å². The molecule has 0 saturated heterocycles. The number of benzene rings is 8. The maximum atomic E-state index is 4.63. The molecule has 0 aliphatic heterocycles. The van der Waals surface area contributed by atoms with Crippen LogP contribution >= 0.6 is 0 Å². The van der Waals surface area contributed by atoms with Crippen LogP contribution in [-0.2, 0) is 0 Å². The minimum absolute atomic E-state index is 0.981. The number of pyridine rings is 1. The third kappa shape index (κ3) is 4.46. The minimum atomic E-state index is 0.981. The van der Waals surface area contributed by atoms with Gasteiger partial charge in [0, 0.05) is 33.3 Å². The lowest BCUT2D eigenvalue weighted by Gasteiger charge is -2.14. The van der Waals surface area contributed by atoms with Crippen molar-refractivity contribution in [3.8, 4) is 39.2 Å². The molecule has 2 aromatic heterocycles. The lowest BCUT2D eigenvalue weighted by atomic mass is 9.95. The Morgan fingerprint density at radius 3 is 1.92 bits per heavy atom. The maximum Gasteiger partial charge on any atom is 0.0702 e. The molecule has 0 atom stereocenters. The highest BCUT2D eigenvalue weighted by atomic mass is 15.0. The summed E-state index contributed by atoms with van der Waals surface area (Å²) in [6.07, 6.45) is 1.86. The first-order chi connectivity index (χ1) is 24.3. The van der Waals surface area contributed by atoms with Crippen molar-refractivity contribution in [2.24, 2.45) is 0 Å². The van der Waals surface area contributed by atoms with Crippen LogP contribution in [0.4, 0.5) is 0 Å². The Balaban J connectivity index is 1.24. The second-order valence-electron chi connectivity index (χ2n) is 12.8. The van der Waals surface area contributed by atoms with Crippen molar-refractivity contribution in [3.05, 3.63) is 182 Å². The third-order valence-corrected chi connectivity index (χ3v) is 10.0. The summed E-state index contributed by atoms with van der Waals surface area (Å²) in [5.74, 6) is 0. The molecular weight excluding hydrogens is 593 g/mol. The molecule has 228 valence electrons. The van der Waals surface area contributed by atoms with Crippen molar-refractivity contribution >= 4 is 54.1 Å². The van der Waals surface area contributed by atoms with Crippen LogP contribution in [-0.4, -0.2) is 9.55 Å². The molecule has 10 rings (SSSR count). The summed E-state index contributed by atoms with van der Waals surface area (Å²) in [5.41, 5.74) is 10.6. The summed E-state index contributed by atoms with van der Waals surface area (Å²) in [4.78, 5) is 4.63. The molecular formula is C47H30N2. The summed E-state index contributed by atoms with van der Waals surface area (Å²) in [6.45, 7) is 0. The highest BCUT2D eigenvalue weighted by Crippen LogP contribution is 2.41. The van der Waals surface area contributed by atoms with Crippen molar-refractivity contribution < 1.29 is 0 Å². The van der Waals surface area contributed by atoms with Crippen LogP contribution in [0.5, 0.6) is 0 Å². The van der Waals surface area contributed by atoms with Gasteiger partial charge >= 0.3 is 0 Å². The molecule has 0 N–H and O–H groups in total. The number of hydrogen-bond acceptors (Lipinski definition) is 1. The van der Waals surface area contributed by atoms with Crippen LogP contribution in [0.1, 0.15) is 0 Å². The van der Waals surface area contributed by atoms with Crippen molar-refractivity contribution in [3.63, 3.8) is 0 Å². The molecule has 0 bridgehead atoms. The molecule has 2 heteroatoms. The molecule has 49 heavy (non-hydrogen) atoms. The van der Waals surface area contributed by atoms with E-state index in [1.54, 1.807) is 0 Å². The van der Waals surface area contributed by atoms with E-state index in [4.69, 9.17) is 0 Å². The molecule has 0 unspecified atom stereocenters. The van der Waals surface area contributed by atoms with Gasteiger partial charge in [0.1, 0.15) is 0 Å². The first-order valence-corrected chi connectivity index (χ1v) is 16.8. The van der Waals surface area contributed by atoms with Crippen LogP contribution < -0.4 is 0 Å². The Morgan fingerprint density at radius 2 is 1.04 bits per heavy atom. The zero-order valence-electron chi connectivity index (χ0n) is 26.7. The molecule has 8 aromatic carbocycles. The zero-order chi connectivity index (χ0) is 32.3. The van der Waals surface area contributed by atoms with Gasteiger partial charge in [-0.3, -0.25) is 4.98 Å². The topological polar surface area (TPSA) is 17.8 Å². The zero-order valence-corrected chi connectivity index (χ0v) is 26.7. The van der Waals surface area contributed by atoms with Gasteiger partial charge in [-0.2, -0.15) is 0 Å². The van der Waals surface area contributed by atoms with E-state index in [-0.39, 0.29) is 0 Å². The molecule has 0 aliphatic carbocycles. The fourth-order valence-electron chi connectivity index (χ4n) is 7.71. The Hall–Kier alpha value is -6.51. The summed E-state index contributed by atoms with van der Waals surface area (Å²) < 4.78 is 2.49. The Bertz CT molecular complexity index is 2870.